The van der Waals surface area contributed by atoms with E-state index in [2.05, 4.69) is 60.7 Å². The Balaban J connectivity index is 2.04. The summed E-state index contributed by atoms with van der Waals surface area (Å²) in [6.45, 7) is 0. The van der Waals surface area contributed by atoms with E-state index in [1.807, 2.05) is 0 Å². The molecule has 0 heterocycles. The lowest BCUT2D eigenvalue weighted by atomic mass is 9.87. The Labute approximate surface area is 134 Å². The second-order valence-corrected chi connectivity index (χ2v) is 6.31. The predicted molar refractivity (Wildman–Crippen MR) is 96.6 cm³/mol. The number of hydrogen-bond acceptors (Lipinski definition) is 0. The fraction of sp³-hybridized carbons (Fsp3) is 0.364. The molecule has 0 atom stereocenters. The Morgan fingerprint density at radius 1 is 0.409 bits per heavy atom. The third-order valence-corrected chi connectivity index (χ3v) is 4.71. The lowest BCUT2D eigenvalue weighted by Crippen LogP contribution is -1.96. The highest BCUT2D eigenvalue weighted by atomic mass is 14.2. The van der Waals surface area contributed by atoms with Crippen molar-refractivity contribution in [2.75, 3.05) is 0 Å². The summed E-state index contributed by atoms with van der Waals surface area (Å²) in [4.78, 5) is 0. The van der Waals surface area contributed by atoms with Crippen molar-refractivity contribution in [3.8, 4) is 0 Å². The Morgan fingerprint density at radius 2 is 0.773 bits per heavy atom. The van der Waals surface area contributed by atoms with Crippen molar-refractivity contribution in [1.29, 1.82) is 0 Å². The minimum Gasteiger partial charge on any atom is -0.0622 e. The zero-order valence-corrected chi connectivity index (χ0v) is 13.4. The van der Waals surface area contributed by atoms with Gasteiger partial charge in [-0.3, -0.25) is 0 Å². The van der Waals surface area contributed by atoms with Gasteiger partial charge < -0.3 is 0 Å². The summed E-state index contributed by atoms with van der Waals surface area (Å²) in [6, 6.07) is 22.0. The first kappa shape index (κ1) is 15.1. The second kappa shape index (κ2) is 7.98. The normalized spacial score (nSPS) is 17.3. The summed E-state index contributed by atoms with van der Waals surface area (Å²) < 4.78 is 0. The number of hydrogen-bond donors (Lipinski definition) is 0. The lowest BCUT2D eigenvalue weighted by Gasteiger charge is -2.18. The fourth-order valence-electron chi connectivity index (χ4n) is 3.53. The molecule has 0 heteroatoms. The number of allylic oxidation sites excluding steroid dienone is 2. The summed E-state index contributed by atoms with van der Waals surface area (Å²) in [6.07, 6.45) is 10.6. The number of benzene rings is 2. The molecule has 0 bridgehead atoms. The third-order valence-electron chi connectivity index (χ3n) is 4.71. The van der Waals surface area contributed by atoms with E-state index in [0.29, 0.717) is 0 Å². The van der Waals surface area contributed by atoms with E-state index in [1.165, 1.54) is 62.5 Å². The molecule has 0 fully saturated rings. The number of rotatable bonds is 2. The summed E-state index contributed by atoms with van der Waals surface area (Å²) >= 11 is 0. The van der Waals surface area contributed by atoms with E-state index >= 15 is 0 Å². The Bertz CT molecular complexity index is 537. The van der Waals surface area contributed by atoms with Gasteiger partial charge in [0.05, 0.1) is 0 Å². The average molecular weight is 290 g/mol. The van der Waals surface area contributed by atoms with Crippen molar-refractivity contribution in [1.82, 2.24) is 0 Å². The van der Waals surface area contributed by atoms with Crippen molar-refractivity contribution in [2.24, 2.45) is 0 Å². The van der Waals surface area contributed by atoms with Crippen LogP contribution in [0.25, 0.3) is 11.1 Å². The molecule has 114 valence electrons. The van der Waals surface area contributed by atoms with Gasteiger partial charge in [0.1, 0.15) is 0 Å². The molecule has 0 spiro atoms. The molecular formula is C22H26. The molecule has 0 saturated carbocycles. The summed E-state index contributed by atoms with van der Waals surface area (Å²) in [7, 11) is 0. The minimum atomic E-state index is 1.22. The van der Waals surface area contributed by atoms with Crippen LogP contribution in [0.5, 0.6) is 0 Å². The molecule has 0 aliphatic heterocycles. The van der Waals surface area contributed by atoms with Crippen molar-refractivity contribution in [2.45, 2.75) is 51.4 Å². The quantitative estimate of drug-likeness (QED) is 0.575. The van der Waals surface area contributed by atoms with Crippen LogP contribution in [0, 0.1) is 0 Å². The van der Waals surface area contributed by atoms with Crippen LogP contribution in [0.4, 0.5) is 0 Å². The van der Waals surface area contributed by atoms with Crippen LogP contribution in [0.1, 0.15) is 62.5 Å². The SMILES string of the molecule is c1ccc(C2=C(c3ccccc3)CCCCCCCC2)cc1. The largest absolute Gasteiger partial charge is 0.0622 e. The average Bonchev–Trinajstić information content (AvgIpc) is 2.60. The smallest absolute Gasteiger partial charge is 0.0222 e. The van der Waals surface area contributed by atoms with Crippen molar-refractivity contribution < 1.29 is 0 Å². The Hall–Kier alpha value is -1.82. The van der Waals surface area contributed by atoms with Crippen LogP contribution in [0.15, 0.2) is 60.7 Å². The van der Waals surface area contributed by atoms with Crippen molar-refractivity contribution in [3.63, 3.8) is 0 Å². The van der Waals surface area contributed by atoms with Crippen LogP contribution in [0.2, 0.25) is 0 Å². The molecule has 1 aliphatic carbocycles. The molecule has 3 rings (SSSR count). The maximum atomic E-state index is 2.28. The highest BCUT2D eigenvalue weighted by Crippen LogP contribution is 2.35. The van der Waals surface area contributed by atoms with Crippen molar-refractivity contribution >= 4 is 11.1 Å². The van der Waals surface area contributed by atoms with Gasteiger partial charge in [-0.1, -0.05) is 86.3 Å². The molecule has 0 N–H and O–H groups in total. The summed E-state index contributed by atoms with van der Waals surface area (Å²) in [5.74, 6) is 0. The molecule has 0 radical (unpaired) electrons. The molecule has 2 aromatic rings. The maximum absolute atomic E-state index is 2.28. The molecule has 0 aromatic heterocycles. The maximum Gasteiger partial charge on any atom is -0.0222 e. The third kappa shape index (κ3) is 3.88. The van der Waals surface area contributed by atoms with E-state index < -0.39 is 0 Å². The predicted octanol–water partition coefficient (Wildman–Crippen LogP) is 6.73. The van der Waals surface area contributed by atoms with Gasteiger partial charge in [0.15, 0.2) is 0 Å². The zero-order chi connectivity index (χ0) is 15.0. The van der Waals surface area contributed by atoms with Crippen LogP contribution < -0.4 is 0 Å². The molecule has 0 saturated heterocycles. The van der Waals surface area contributed by atoms with Gasteiger partial charge in [-0.25, -0.2) is 0 Å². The van der Waals surface area contributed by atoms with Gasteiger partial charge in [0.2, 0.25) is 0 Å². The summed E-state index contributed by atoms with van der Waals surface area (Å²) in [5, 5.41) is 0. The van der Waals surface area contributed by atoms with Crippen LogP contribution in [-0.2, 0) is 0 Å². The van der Waals surface area contributed by atoms with E-state index in [-0.39, 0.29) is 0 Å². The molecule has 1 aliphatic rings. The first-order valence-electron chi connectivity index (χ1n) is 8.78. The van der Waals surface area contributed by atoms with Gasteiger partial charge in [0.25, 0.3) is 0 Å². The zero-order valence-electron chi connectivity index (χ0n) is 13.4. The van der Waals surface area contributed by atoms with E-state index in [4.69, 9.17) is 0 Å². The molecule has 2 aromatic carbocycles. The lowest BCUT2D eigenvalue weighted by molar-refractivity contribution is 0.598. The van der Waals surface area contributed by atoms with Gasteiger partial charge in [-0.15, -0.1) is 0 Å². The first-order valence-corrected chi connectivity index (χ1v) is 8.78. The van der Waals surface area contributed by atoms with Gasteiger partial charge in [-0.2, -0.15) is 0 Å². The fourth-order valence-corrected chi connectivity index (χ4v) is 3.53. The second-order valence-electron chi connectivity index (χ2n) is 6.31. The van der Waals surface area contributed by atoms with E-state index in [9.17, 15) is 0 Å². The van der Waals surface area contributed by atoms with Gasteiger partial charge in [-0.05, 0) is 48.0 Å². The van der Waals surface area contributed by atoms with Crippen molar-refractivity contribution in [3.05, 3.63) is 71.8 Å². The van der Waals surface area contributed by atoms with Crippen LogP contribution in [-0.4, -0.2) is 0 Å². The van der Waals surface area contributed by atoms with E-state index in [0.717, 1.165) is 0 Å². The molecular weight excluding hydrogens is 264 g/mol. The van der Waals surface area contributed by atoms with E-state index in [1.54, 1.807) is 11.1 Å². The summed E-state index contributed by atoms with van der Waals surface area (Å²) in [5.41, 5.74) is 5.99. The Morgan fingerprint density at radius 3 is 1.18 bits per heavy atom. The minimum absolute atomic E-state index is 1.22. The monoisotopic (exact) mass is 290 g/mol. The van der Waals surface area contributed by atoms with Crippen LogP contribution >= 0.6 is 0 Å². The molecule has 0 unspecified atom stereocenters. The van der Waals surface area contributed by atoms with Crippen LogP contribution in [0.3, 0.4) is 0 Å². The van der Waals surface area contributed by atoms with Gasteiger partial charge >= 0.3 is 0 Å². The first-order chi connectivity index (χ1) is 10.9. The topological polar surface area (TPSA) is 0 Å². The highest BCUT2D eigenvalue weighted by molar-refractivity contribution is 5.90. The highest BCUT2D eigenvalue weighted by Gasteiger charge is 2.12. The molecule has 0 nitrogen and oxygen atoms in total. The standard InChI is InChI=1S/C22H26/c1-2-4-12-18-22(20-15-9-6-10-16-20)21(17-11-3-1)19-13-7-5-8-14-19/h5-10,13-16H,1-4,11-12,17-18H2. The Kier molecular flexibility index (Phi) is 5.48. The molecule has 22 heavy (non-hydrogen) atoms. The molecule has 0 amide bonds. The van der Waals surface area contributed by atoms with Gasteiger partial charge in [0, 0.05) is 0 Å².